The third kappa shape index (κ3) is 6.02. The number of carbonyl (C=O) groups excluding carboxylic acids is 1. The average Bonchev–Trinajstić information content (AvgIpc) is 2.87. The van der Waals surface area contributed by atoms with Gasteiger partial charge >= 0.3 is 0 Å². The lowest BCUT2D eigenvalue weighted by Crippen LogP contribution is -2.47. The topological polar surface area (TPSA) is 119 Å². The number of hydrogen-bond donors (Lipinski definition) is 3. The zero-order chi connectivity index (χ0) is 24.8. The number of aliphatic hydroxyl groups is 1. The number of carbonyl (C=O) groups is 1. The first-order valence-corrected chi connectivity index (χ1v) is 12.0. The van der Waals surface area contributed by atoms with Crippen molar-refractivity contribution < 1.29 is 9.90 Å². The molecule has 3 heterocycles. The molecular formula is C24H29ClN8O2. The van der Waals surface area contributed by atoms with Gasteiger partial charge in [-0.05, 0) is 30.7 Å². The number of anilines is 4. The summed E-state index contributed by atoms with van der Waals surface area (Å²) in [5, 5.41) is 15.6. The van der Waals surface area contributed by atoms with Crippen molar-refractivity contribution in [2.75, 3.05) is 54.9 Å². The number of para-hydroxylation sites is 1. The second kappa shape index (κ2) is 11.4. The lowest BCUT2D eigenvalue weighted by atomic mass is 10.1. The number of aryl methyl sites for hydroxylation is 2. The molecule has 0 spiro atoms. The molecule has 35 heavy (non-hydrogen) atoms. The third-order valence-electron chi connectivity index (χ3n) is 5.80. The smallest absolute Gasteiger partial charge is 0.259 e. The summed E-state index contributed by atoms with van der Waals surface area (Å²) in [6.45, 7) is 7.82. The molecule has 0 bridgehead atoms. The second-order valence-electron chi connectivity index (χ2n) is 8.19. The van der Waals surface area contributed by atoms with Crippen LogP contribution in [0.2, 0.25) is 5.02 Å². The van der Waals surface area contributed by atoms with E-state index in [0.717, 1.165) is 31.7 Å². The molecule has 1 aromatic carbocycles. The molecule has 1 amide bonds. The number of β-amino-alcohol motifs (C(OH)–C–C–N with tert-alkyl or cyclic N) is 1. The summed E-state index contributed by atoms with van der Waals surface area (Å²) in [6, 6.07) is 8.82. The molecule has 3 N–H and O–H groups in total. The molecule has 0 atom stereocenters. The van der Waals surface area contributed by atoms with E-state index >= 15 is 0 Å². The maximum atomic E-state index is 13.1. The lowest BCUT2D eigenvalue weighted by Gasteiger charge is -2.34. The highest BCUT2D eigenvalue weighted by molar-refractivity contribution is 6.34. The van der Waals surface area contributed by atoms with Gasteiger partial charge in [-0.25, -0.2) is 4.98 Å². The summed E-state index contributed by atoms with van der Waals surface area (Å²) in [7, 11) is 0. The normalized spacial score (nSPS) is 14.1. The van der Waals surface area contributed by atoms with E-state index in [9.17, 15) is 9.90 Å². The van der Waals surface area contributed by atoms with Crippen LogP contribution in [-0.4, -0.2) is 75.2 Å². The van der Waals surface area contributed by atoms with E-state index in [4.69, 9.17) is 11.6 Å². The van der Waals surface area contributed by atoms with Crippen molar-refractivity contribution in [2.24, 2.45) is 0 Å². The van der Waals surface area contributed by atoms with E-state index < -0.39 is 0 Å². The summed E-state index contributed by atoms with van der Waals surface area (Å²) in [5.41, 5.74) is 1.76. The molecule has 0 unspecified atom stereocenters. The van der Waals surface area contributed by atoms with Crippen LogP contribution in [-0.2, 0) is 6.42 Å². The number of halogens is 1. The van der Waals surface area contributed by atoms with E-state index in [0.29, 0.717) is 52.8 Å². The molecule has 1 saturated heterocycles. The molecule has 1 aliphatic heterocycles. The van der Waals surface area contributed by atoms with Gasteiger partial charge in [-0.15, -0.1) is 0 Å². The molecule has 11 heteroatoms. The first-order chi connectivity index (χ1) is 17.0. The number of aliphatic hydroxyl groups excluding tert-OH is 1. The Hall–Kier alpha value is -3.34. The molecule has 3 aromatic rings. The fourth-order valence-corrected chi connectivity index (χ4v) is 4.11. The Morgan fingerprint density at radius 1 is 1.11 bits per heavy atom. The third-order valence-corrected chi connectivity index (χ3v) is 6.12. The summed E-state index contributed by atoms with van der Waals surface area (Å²) >= 11 is 6.29. The summed E-state index contributed by atoms with van der Waals surface area (Å²) in [6.07, 6.45) is 2.24. The first kappa shape index (κ1) is 24.8. The van der Waals surface area contributed by atoms with Crippen molar-refractivity contribution in [1.82, 2.24) is 24.8 Å². The number of piperazine rings is 1. The molecule has 184 valence electrons. The summed E-state index contributed by atoms with van der Waals surface area (Å²) in [5.74, 6) is 1.54. The monoisotopic (exact) mass is 496 g/mol. The zero-order valence-corrected chi connectivity index (χ0v) is 20.6. The van der Waals surface area contributed by atoms with E-state index in [1.807, 2.05) is 26.0 Å². The SMILES string of the molecule is CCc1nc(Nc2ncccc2C(=O)Nc2c(C)cccc2Cl)nc(N2CCN(CCO)CC2)n1. The molecule has 10 nitrogen and oxygen atoms in total. The van der Waals surface area contributed by atoms with Crippen LogP contribution in [0.1, 0.15) is 28.7 Å². The molecule has 0 radical (unpaired) electrons. The van der Waals surface area contributed by atoms with Crippen LogP contribution in [0, 0.1) is 6.92 Å². The van der Waals surface area contributed by atoms with Gasteiger partial charge in [-0.3, -0.25) is 9.69 Å². The van der Waals surface area contributed by atoms with Crippen LogP contribution in [0.5, 0.6) is 0 Å². The zero-order valence-electron chi connectivity index (χ0n) is 19.8. The maximum Gasteiger partial charge on any atom is 0.259 e. The molecular weight excluding hydrogens is 468 g/mol. The van der Waals surface area contributed by atoms with Crippen molar-refractivity contribution in [3.8, 4) is 0 Å². The second-order valence-corrected chi connectivity index (χ2v) is 8.60. The number of nitrogens with one attached hydrogen (secondary N) is 2. The van der Waals surface area contributed by atoms with E-state index in [1.165, 1.54) is 0 Å². The maximum absolute atomic E-state index is 13.1. The Balaban J connectivity index is 1.56. The van der Waals surface area contributed by atoms with Crippen LogP contribution >= 0.6 is 11.6 Å². The van der Waals surface area contributed by atoms with Gasteiger partial charge in [0.25, 0.3) is 5.91 Å². The summed E-state index contributed by atoms with van der Waals surface area (Å²) < 4.78 is 0. The minimum absolute atomic E-state index is 0.149. The van der Waals surface area contributed by atoms with Gasteiger partial charge < -0.3 is 20.6 Å². The minimum Gasteiger partial charge on any atom is -0.395 e. The van der Waals surface area contributed by atoms with Gasteiger partial charge in [-0.2, -0.15) is 15.0 Å². The number of hydrogen-bond acceptors (Lipinski definition) is 9. The number of benzene rings is 1. The fraction of sp³-hybridized carbons (Fsp3) is 0.375. The average molecular weight is 497 g/mol. The van der Waals surface area contributed by atoms with Crippen molar-refractivity contribution >= 4 is 40.9 Å². The van der Waals surface area contributed by atoms with E-state index in [-0.39, 0.29) is 12.5 Å². The van der Waals surface area contributed by atoms with Crippen LogP contribution in [0.15, 0.2) is 36.5 Å². The molecule has 0 saturated carbocycles. The highest BCUT2D eigenvalue weighted by Gasteiger charge is 2.21. The Kier molecular flexibility index (Phi) is 8.06. The van der Waals surface area contributed by atoms with Crippen LogP contribution < -0.4 is 15.5 Å². The molecule has 0 aliphatic carbocycles. The number of amides is 1. The first-order valence-electron chi connectivity index (χ1n) is 11.6. The predicted molar refractivity (Wildman–Crippen MR) is 137 cm³/mol. The van der Waals surface area contributed by atoms with Crippen molar-refractivity contribution in [2.45, 2.75) is 20.3 Å². The quantitative estimate of drug-likeness (QED) is 0.432. The van der Waals surface area contributed by atoms with Crippen LogP contribution in [0.3, 0.4) is 0 Å². The van der Waals surface area contributed by atoms with Crippen molar-refractivity contribution in [1.29, 1.82) is 0 Å². The Bertz CT molecular complexity index is 1160. The Morgan fingerprint density at radius 3 is 2.63 bits per heavy atom. The fourth-order valence-electron chi connectivity index (χ4n) is 3.84. The highest BCUT2D eigenvalue weighted by atomic mass is 35.5. The van der Waals surface area contributed by atoms with E-state index in [2.05, 4.69) is 40.4 Å². The molecule has 2 aromatic heterocycles. The Morgan fingerprint density at radius 2 is 1.91 bits per heavy atom. The number of nitrogens with zero attached hydrogens (tertiary/aromatic N) is 6. The number of aromatic nitrogens is 4. The molecule has 1 aliphatic rings. The molecule has 1 fully saturated rings. The standard InChI is InChI=1S/C24H29ClN8O2/c1-3-19-27-23(31-24(28-19)33-12-10-32(11-13-33)14-15-34)30-21-17(7-5-9-26-21)22(35)29-20-16(2)6-4-8-18(20)25/h4-9,34H,3,10-15H2,1-2H3,(H,29,35)(H,26,27,28,30,31). The largest absolute Gasteiger partial charge is 0.395 e. The van der Waals surface area contributed by atoms with Gasteiger partial charge in [0.1, 0.15) is 11.6 Å². The van der Waals surface area contributed by atoms with Crippen molar-refractivity contribution in [3.63, 3.8) is 0 Å². The van der Waals surface area contributed by atoms with Crippen molar-refractivity contribution in [3.05, 3.63) is 58.5 Å². The Labute approximate surface area is 209 Å². The minimum atomic E-state index is -0.346. The van der Waals surface area contributed by atoms with E-state index in [1.54, 1.807) is 24.4 Å². The van der Waals surface area contributed by atoms with Gasteiger partial charge in [0.2, 0.25) is 11.9 Å². The predicted octanol–water partition coefficient (Wildman–Crippen LogP) is 2.90. The van der Waals surface area contributed by atoms with Crippen LogP contribution in [0.4, 0.5) is 23.4 Å². The molecule has 4 rings (SSSR count). The van der Waals surface area contributed by atoms with Gasteiger partial charge in [-0.1, -0.05) is 30.7 Å². The number of pyridine rings is 1. The van der Waals surface area contributed by atoms with Crippen LogP contribution in [0.25, 0.3) is 0 Å². The number of rotatable bonds is 8. The lowest BCUT2D eigenvalue weighted by molar-refractivity contribution is 0.102. The van der Waals surface area contributed by atoms with Gasteiger partial charge in [0.15, 0.2) is 0 Å². The van der Waals surface area contributed by atoms with Gasteiger partial charge in [0.05, 0.1) is 22.9 Å². The summed E-state index contributed by atoms with van der Waals surface area (Å²) in [4.78, 5) is 35.5. The highest BCUT2D eigenvalue weighted by Crippen LogP contribution is 2.27. The van der Waals surface area contributed by atoms with Gasteiger partial charge in [0, 0.05) is 45.3 Å².